The van der Waals surface area contributed by atoms with Gasteiger partial charge in [-0.2, -0.15) is 0 Å². The van der Waals surface area contributed by atoms with Crippen molar-refractivity contribution in [3.63, 3.8) is 0 Å². The molecule has 0 unspecified atom stereocenters. The second-order valence-electron chi connectivity index (χ2n) is 5.08. The molecule has 8 nitrogen and oxygen atoms in total. The van der Waals surface area contributed by atoms with Crippen LogP contribution in [0.25, 0.3) is 6.08 Å². The van der Waals surface area contributed by atoms with Gasteiger partial charge in [-0.05, 0) is 29.8 Å². The Morgan fingerprint density at radius 2 is 2.04 bits per heavy atom. The number of non-ortho nitro benzene ring substituents is 1. The Hall–Kier alpha value is -3.55. The molecule has 1 aliphatic rings. The summed E-state index contributed by atoms with van der Waals surface area (Å²) in [6.07, 6.45) is 2.97. The predicted molar refractivity (Wildman–Crippen MR) is 89.9 cm³/mol. The van der Waals surface area contributed by atoms with E-state index in [1.807, 2.05) is 0 Å². The molecule has 8 heteroatoms. The molecule has 0 aliphatic carbocycles. The number of benzene rings is 2. The molecule has 0 saturated heterocycles. The summed E-state index contributed by atoms with van der Waals surface area (Å²) in [7, 11) is 1.37. The average molecular weight is 342 g/mol. The van der Waals surface area contributed by atoms with Crippen molar-refractivity contribution in [3.8, 4) is 17.2 Å². The molecule has 0 radical (unpaired) electrons. The number of methoxy groups -OCH3 is 1. The van der Waals surface area contributed by atoms with Crippen molar-refractivity contribution in [2.45, 2.75) is 0 Å². The van der Waals surface area contributed by atoms with Gasteiger partial charge in [-0.25, -0.2) is 0 Å². The Morgan fingerprint density at radius 1 is 1.24 bits per heavy atom. The molecule has 0 saturated carbocycles. The second kappa shape index (κ2) is 6.91. The van der Waals surface area contributed by atoms with Crippen LogP contribution in [0.5, 0.6) is 17.2 Å². The van der Waals surface area contributed by atoms with Crippen molar-refractivity contribution in [1.29, 1.82) is 0 Å². The van der Waals surface area contributed by atoms with Crippen molar-refractivity contribution >= 4 is 23.4 Å². The van der Waals surface area contributed by atoms with Gasteiger partial charge in [0.1, 0.15) is 5.75 Å². The first-order valence-corrected chi connectivity index (χ1v) is 7.28. The van der Waals surface area contributed by atoms with E-state index in [0.717, 1.165) is 5.56 Å². The lowest BCUT2D eigenvalue weighted by atomic mass is 10.2. The van der Waals surface area contributed by atoms with Gasteiger partial charge in [0.25, 0.3) is 5.69 Å². The molecule has 25 heavy (non-hydrogen) atoms. The molecule has 1 aliphatic heterocycles. The average Bonchev–Trinajstić information content (AvgIpc) is 3.07. The van der Waals surface area contributed by atoms with Gasteiger partial charge in [-0.1, -0.05) is 6.07 Å². The van der Waals surface area contributed by atoms with Crippen LogP contribution in [0.3, 0.4) is 0 Å². The fourth-order valence-corrected chi connectivity index (χ4v) is 2.26. The van der Waals surface area contributed by atoms with E-state index in [-0.39, 0.29) is 18.2 Å². The maximum absolute atomic E-state index is 12.1. The van der Waals surface area contributed by atoms with Crippen LogP contribution in [-0.4, -0.2) is 24.7 Å². The summed E-state index contributed by atoms with van der Waals surface area (Å²) in [5, 5.41) is 13.4. The van der Waals surface area contributed by atoms with Crippen LogP contribution in [0.15, 0.2) is 42.5 Å². The van der Waals surface area contributed by atoms with Gasteiger partial charge in [0.05, 0.1) is 23.8 Å². The van der Waals surface area contributed by atoms with E-state index in [9.17, 15) is 14.9 Å². The maximum Gasteiger partial charge on any atom is 0.273 e. The maximum atomic E-state index is 12.1. The van der Waals surface area contributed by atoms with Crippen LogP contribution in [0, 0.1) is 10.1 Å². The van der Waals surface area contributed by atoms with Crippen LogP contribution < -0.4 is 19.5 Å². The smallest absolute Gasteiger partial charge is 0.273 e. The van der Waals surface area contributed by atoms with Crippen molar-refractivity contribution in [3.05, 3.63) is 58.2 Å². The molecule has 0 spiro atoms. The van der Waals surface area contributed by atoms with Gasteiger partial charge in [-0.15, -0.1) is 0 Å². The largest absolute Gasteiger partial charge is 0.494 e. The summed E-state index contributed by atoms with van der Waals surface area (Å²) in [6.45, 7) is 0.183. The van der Waals surface area contributed by atoms with Crippen molar-refractivity contribution in [2.24, 2.45) is 0 Å². The first-order chi connectivity index (χ1) is 12.1. The number of nitro benzene ring substituents is 1. The molecular formula is C17H14N2O6. The quantitative estimate of drug-likeness (QED) is 0.509. The number of anilines is 1. The van der Waals surface area contributed by atoms with Gasteiger partial charge in [-0.3, -0.25) is 14.9 Å². The zero-order valence-electron chi connectivity index (χ0n) is 13.2. The molecule has 0 atom stereocenters. The number of nitro groups is 1. The van der Waals surface area contributed by atoms with E-state index in [0.29, 0.717) is 17.2 Å². The minimum absolute atomic E-state index is 0.120. The zero-order chi connectivity index (χ0) is 17.8. The Labute approximate surface area is 142 Å². The third-order valence-corrected chi connectivity index (χ3v) is 3.48. The summed E-state index contributed by atoms with van der Waals surface area (Å²) >= 11 is 0. The SMILES string of the molecule is COc1cc([N+](=O)[O-])ccc1NC(=O)C=Cc1ccc2c(c1)OCO2. The molecule has 2 aromatic carbocycles. The summed E-state index contributed by atoms with van der Waals surface area (Å²) < 4.78 is 15.6. The second-order valence-corrected chi connectivity index (χ2v) is 5.08. The highest BCUT2D eigenvalue weighted by atomic mass is 16.7. The number of hydrogen-bond donors (Lipinski definition) is 1. The third-order valence-electron chi connectivity index (χ3n) is 3.48. The summed E-state index contributed by atoms with van der Waals surface area (Å²) in [4.78, 5) is 22.3. The first kappa shape index (κ1) is 16.3. The van der Waals surface area contributed by atoms with Crippen LogP contribution in [0.4, 0.5) is 11.4 Å². The standard InChI is InChI=1S/C17H14N2O6/c1-23-15-9-12(19(21)22)4-5-13(15)18-17(20)7-3-11-2-6-14-16(8-11)25-10-24-14/h2-9H,10H2,1H3,(H,18,20). The minimum Gasteiger partial charge on any atom is -0.494 e. The normalized spacial score (nSPS) is 12.2. The molecule has 128 valence electrons. The molecule has 1 heterocycles. The van der Waals surface area contributed by atoms with Gasteiger partial charge >= 0.3 is 0 Å². The van der Waals surface area contributed by atoms with Crippen LogP contribution >= 0.6 is 0 Å². The van der Waals surface area contributed by atoms with E-state index >= 15 is 0 Å². The number of fused-ring (bicyclic) bond motifs is 1. The number of ether oxygens (including phenoxy) is 3. The molecule has 0 fully saturated rings. The van der Waals surface area contributed by atoms with E-state index in [2.05, 4.69) is 5.32 Å². The molecule has 1 amide bonds. The molecule has 1 N–H and O–H groups in total. The Morgan fingerprint density at radius 3 is 2.80 bits per heavy atom. The first-order valence-electron chi connectivity index (χ1n) is 7.28. The summed E-state index contributed by atoms with van der Waals surface area (Å²) in [6, 6.07) is 9.28. The fourth-order valence-electron chi connectivity index (χ4n) is 2.26. The highest BCUT2D eigenvalue weighted by molar-refractivity contribution is 6.02. The molecule has 2 aromatic rings. The van der Waals surface area contributed by atoms with E-state index in [4.69, 9.17) is 14.2 Å². The number of hydrogen-bond acceptors (Lipinski definition) is 6. The Kier molecular flexibility index (Phi) is 4.51. The van der Waals surface area contributed by atoms with E-state index in [1.54, 1.807) is 24.3 Å². The number of rotatable bonds is 5. The summed E-state index contributed by atoms with van der Waals surface area (Å²) in [5.41, 5.74) is 0.995. The number of nitrogens with zero attached hydrogens (tertiary/aromatic N) is 1. The zero-order valence-corrected chi connectivity index (χ0v) is 13.2. The number of carbonyl (C=O) groups excluding carboxylic acids is 1. The van der Waals surface area contributed by atoms with Gasteiger partial charge in [0.15, 0.2) is 11.5 Å². The highest BCUT2D eigenvalue weighted by Gasteiger charge is 2.14. The minimum atomic E-state index is -0.534. The predicted octanol–water partition coefficient (Wildman–Crippen LogP) is 2.98. The highest BCUT2D eigenvalue weighted by Crippen LogP contribution is 2.33. The topological polar surface area (TPSA) is 99.9 Å². The summed E-state index contributed by atoms with van der Waals surface area (Å²) in [5.74, 6) is 1.10. The molecule has 0 bridgehead atoms. The van der Waals surface area contributed by atoms with Crippen LogP contribution in [0.2, 0.25) is 0 Å². The molecule has 3 rings (SSSR count). The van der Waals surface area contributed by atoms with Crippen molar-refractivity contribution in [1.82, 2.24) is 0 Å². The lowest BCUT2D eigenvalue weighted by Crippen LogP contribution is -2.09. The van der Waals surface area contributed by atoms with Gasteiger partial charge in [0, 0.05) is 12.1 Å². The fraction of sp³-hybridized carbons (Fsp3) is 0.118. The Bertz CT molecular complexity index is 862. The van der Waals surface area contributed by atoms with E-state index in [1.165, 1.54) is 31.4 Å². The number of nitrogens with one attached hydrogen (secondary N) is 1. The van der Waals surface area contributed by atoms with Crippen LogP contribution in [0.1, 0.15) is 5.56 Å². The third kappa shape index (κ3) is 3.69. The van der Waals surface area contributed by atoms with Gasteiger partial charge in [0.2, 0.25) is 12.7 Å². The lowest BCUT2D eigenvalue weighted by molar-refractivity contribution is -0.384. The monoisotopic (exact) mass is 342 g/mol. The van der Waals surface area contributed by atoms with Crippen molar-refractivity contribution in [2.75, 3.05) is 19.2 Å². The Balaban J connectivity index is 1.71. The van der Waals surface area contributed by atoms with Gasteiger partial charge < -0.3 is 19.5 Å². The molecule has 0 aromatic heterocycles. The van der Waals surface area contributed by atoms with E-state index < -0.39 is 10.8 Å². The number of carbonyl (C=O) groups is 1. The lowest BCUT2D eigenvalue weighted by Gasteiger charge is -2.08. The van der Waals surface area contributed by atoms with Crippen LogP contribution in [-0.2, 0) is 4.79 Å². The van der Waals surface area contributed by atoms with Crippen molar-refractivity contribution < 1.29 is 23.9 Å². The number of amides is 1. The molecular weight excluding hydrogens is 328 g/mol.